The third-order valence-corrected chi connectivity index (χ3v) is 3.02. The van der Waals surface area contributed by atoms with Crippen molar-refractivity contribution in [2.45, 2.75) is 45.1 Å². The zero-order valence-corrected chi connectivity index (χ0v) is 8.79. The Kier molecular flexibility index (Phi) is 2.82. The maximum absolute atomic E-state index is 5.96. The lowest BCUT2D eigenvalue weighted by molar-refractivity contribution is 0.634. The van der Waals surface area contributed by atoms with Crippen LogP contribution in [0.5, 0.6) is 0 Å². The third kappa shape index (κ3) is 1.80. The smallest absolute Gasteiger partial charge is 0.0574 e. The molecule has 0 fully saturated rings. The van der Waals surface area contributed by atoms with E-state index in [1.807, 2.05) is 0 Å². The fourth-order valence-corrected chi connectivity index (χ4v) is 2.01. The summed E-state index contributed by atoms with van der Waals surface area (Å²) >= 11 is 0. The zero-order valence-electron chi connectivity index (χ0n) is 8.79. The molecule has 1 aromatic rings. The molecule has 0 saturated carbocycles. The van der Waals surface area contributed by atoms with E-state index in [0.29, 0.717) is 0 Å². The predicted octanol–water partition coefficient (Wildman–Crippen LogP) is 2.37. The van der Waals surface area contributed by atoms with E-state index >= 15 is 0 Å². The van der Waals surface area contributed by atoms with Crippen LogP contribution in [0.15, 0.2) is 12.1 Å². The summed E-state index contributed by atoms with van der Waals surface area (Å²) in [5.41, 5.74) is 9.75. The van der Waals surface area contributed by atoms with E-state index in [1.165, 1.54) is 30.5 Å². The number of pyridine rings is 1. The molecule has 0 saturated heterocycles. The highest BCUT2D eigenvalue weighted by molar-refractivity contribution is 5.26. The lowest BCUT2D eigenvalue weighted by Crippen LogP contribution is -2.14. The molecule has 14 heavy (non-hydrogen) atoms. The van der Waals surface area contributed by atoms with E-state index in [2.05, 4.69) is 24.0 Å². The largest absolute Gasteiger partial charge is 0.323 e. The van der Waals surface area contributed by atoms with Gasteiger partial charge in [0.1, 0.15) is 0 Å². The molecule has 0 aromatic carbocycles. The second kappa shape index (κ2) is 4.09. The van der Waals surface area contributed by atoms with E-state index in [1.54, 1.807) is 0 Å². The van der Waals surface area contributed by atoms with Gasteiger partial charge in [-0.05, 0) is 43.7 Å². The third-order valence-electron chi connectivity index (χ3n) is 3.02. The van der Waals surface area contributed by atoms with Gasteiger partial charge in [0.05, 0.1) is 5.69 Å². The first-order chi connectivity index (χ1) is 6.81. The molecule has 1 heterocycles. The molecule has 0 bridgehead atoms. The highest BCUT2D eigenvalue weighted by Crippen LogP contribution is 2.21. The van der Waals surface area contributed by atoms with Gasteiger partial charge in [-0.1, -0.05) is 13.0 Å². The Morgan fingerprint density at radius 3 is 2.93 bits per heavy atom. The number of hydrogen-bond acceptors (Lipinski definition) is 2. The molecule has 2 N–H and O–H groups in total. The van der Waals surface area contributed by atoms with Gasteiger partial charge in [0.2, 0.25) is 0 Å². The fraction of sp³-hybridized carbons (Fsp3) is 0.583. The maximum Gasteiger partial charge on any atom is 0.0574 e. The number of aryl methyl sites for hydroxylation is 2. The Morgan fingerprint density at radius 1 is 1.36 bits per heavy atom. The van der Waals surface area contributed by atoms with Crippen LogP contribution in [0, 0.1) is 0 Å². The maximum atomic E-state index is 5.96. The minimum absolute atomic E-state index is 0.113. The lowest BCUT2D eigenvalue weighted by Gasteiger charge is -2.17. The molecular weight excluding hydrogens is 172 g/mol. The Balaban J connectivity index is 2.29. The SMILES string of the molecule is CC[C@H](N)c1ccc2c(n1)CCCC2. The van der Waals surface area contributed by atoms with Crippen LogP contribution in [0.3, 0.4) is 0 Å². The Hall–Kier alpha value is -0.890. The molecule has 0 amide bonds. The molecule has 2 heteroatoms. The second-order valence-corrected chi connectivity index (χ2v) is 4.06. The summed E-state index contributed by atoms with van der Waals surface area (Å²) in [6, 6.07) is 4.42. The Labute approximate surface area is 85.5 Å². The standard InChI is InChI=1S/C12H18N2/c1-2-10(13)12-8-7-9-5-3-4-6-11(9)14-12/h7-8,10H,2-6,13H2,1H3/t10-/m0/s1. The molecule has 0 aliphatic heterocycles. The minimum Gasteiger partial charge on any atom is -0.323 e. The summed E-state index contributed by atoms with van der Waals surface area (Å²) in [5.74, 6) is 0. The van der Waals surface area contributed by atoms with E-state index in [4.69, 9.17) is 5.73 Å². The van der Waals surface area contributed by atoms with Crippen LogP contribution >= 0.6 is 0 Å². The summed E-state index contributed by atoms with van der Waals surface area (Å²) in [6.45, 7) is 2.10. The topological polar surface area (TPSA) is 38.9 Å². The molecular formula is C12H18N2. The van der Waals surface area contributed by atoms with Crippen molar-refractivity contribution in [2.24, 2.45) is 5.73 Å². The molecule has 2 nitrogen and oxygen atoms in total. The van der Waals surface area contributed by atoms with Gasteiger partial charge in [-0.25, -0.2) is 0 Å². The van der Waals surface area contributed by atoms with Crippen LogP contribution < -0.4 is 5.73 Å². The van der Waals surface area contributed by atoms with E-state index in [9.17, 15) is 0 Å². The van der Waals surface area contributed by atoms with Gasteiger partial charge in [-0.2, -0.15) is 0 Å². The number of nitrogens with two attached hydrogens (primary N) is 1. The monoisotopic (exact) mass is 190 g/mol. The average Bonchev–Trinajstić information content (AvgIpc) is 2.27. The minimum atomic E-state index is 0.113. The van der Waals surface area contributed by atoms with Crippen LogP contribution in [0.25, 0.3) is 0 Å². The second-order valence-electron chi connectivity index (χ2n) is 4.06. The number of rotatable bonds is 2. The van der Waals surface area contributed by atoms with Crippen LogP contribution in [-0.2, 0) is 12.8 Å². The van der Waals surface area contributed by atoms with Crippen molar-refractivity contribution < 1.29 is 0 Å². The normalized spacial score (nSPS) is 17.6. The molecule has 0 spiro atoms. The van der Waals surface area contributed by atoms with Crippen LogP contribution in [0.1, 0.15) is 49.2 Å². The summed E-state index contributed by atoms with van der Waals surface area (Å²) in [4.78, 5) is 4.66. The van der Waals surface area contributed by atoms with Crippen molar-refractivity contribution >= 4 is 0 Å². The highest BCUT2D eigenvalue weighted by Gasteiger charge is 2.12. The van der Waals surface area contributed by atoms with E-state index < -0.39 is 0 Å². The van der Waals surface area contributed by atoms with E-state index in [-0.39, 0.29) is 6.04 Å². The van der Waals surface area contributed by atoms with Crippen molar-refractivity contribution in [3.05, 3.63) is 29.1 Å². The van der Waals surface area contributed by atoms with Crippen LogP contribution in [-0.4, -0.2) is 4.98 Å². The molecule has 1 aromatic heterocycles. The molecule has 76 valence electrons. The van der Waals surface area contributed by atoms with Crippen molar-refractivity contribution in [1.82, 2.24) is 4.98 Å². The fourth-order valence-electron chi connectivity index (χ4n) is 2.01. The molecule has 0 unspecified atom stereocenters. The summed E-state index contributed by atoms with van der Waals surface area (Å²) in [5, 5.41) is 0. The summed E-state index contributed by atoms with van der Waals surface area (Å²) in [6.07, 6.45) is 5.90. The first-order valence-corrected chi connectivity index (χ1v) is 5.55. The summed E-state index contributed by atoms with van der Waals surface area (Å²) < 4.78 is 0. The molecule has 2 rings (SSSR count). The average molecular weight is 190 g/mol. The van der Waals surface area contributed by atoms with Crippen LogP contribution in [0.2, 0.25) is 0 Å². The van der Waals surface area contributed by atoms with Gasteiger partial charge in [0, 0.05) is 11.7 Å². The van der Waals surface area contributed by atoms with E-state index in [0.717, 1.165) is 18.5 Å². The number of aromatic nitrogens is 1. The lowest BCUT2D eigenvalue weighted by atomic mass is 9.95. The van der Waals surface area contributed by atoms with Crippen molar-refractivity contribution in [3.8, 4) is 0 Å². The zero-order chi connectivity index (χ0) is 9.97. The van der Waals surface area contributed by atoms with Gasteiger partial charge in [-0.3, -0.25) is 4.98 Å². The number of nitrogens with zero attached hydrogens (tertiary/aromatic N) is 1. The first-order valence-electron chi connectivity index (χ1n) is 5.55. The van der Waals surface area contributed by atoms with Crippen molar-refractivity contribution in [1.29, 1.82) is 0 Å². The van der Waals surface area contributed by atoms with Gasteiger partial charge in [0.15, 0.2) is 0 Å². The number of fused-ring (bicyclic) bond motifs is 1. The van der Waals surface area contributed by atoms with Crippen LogP contribution in [0.4, 0.5) is 0 Å². The first kappa shape index (κ1) is 9.66. The van der Waals surface area contributed by atoms with Crippen molar-refractivity contribution in [2.75, 3.05) is 0 Å². The Morgan fingerprint density at radius 2 is 2.14 bits per heavy atom. The predicted molar refractivity (Wildman–Crippen MR) is 58.1 cm³/mol. The van der Waals surface area contributed by atoms with Gasteiger partial charge in [-0.15, -0.1) is 0 Å². The quantitative estimate of drug-likeness (QED) is 0.777. The molecule has 0 radical (unpaired) electrons. The van der Waals surface area contributed by atoms with Crippen molar-refractivity contribution in [3.63, 3.8) is 0 Å². The van der Waals surface area contributed by atoms with Gasteiger partial charge in [0.25, 0.3) is 0 Å². The number of hydrogen-bond donors (Lipinski definition) is 1. The van der Waals surface area contributed by atoms with Gasteiger partial charge >= 0.3 is 0 Å². The molecule has 1 aliphatic rings. The summed E-state index contributed by atoms with van der Waals surface area (Å²) in [7, 11) is 0. The Bertz CT molecular complexity index is 320. The highest BCUT2D eigenvalue weighted by atomic mass is 14.8. The molecule has 1 aliphatic carbocycles. The van der Waals surface area contributed by atoms with Gasteiger partial charge < -0.3 is 5.73 Å². The molecule has 1 atom stereocenters.